The summed E-state index contributed by atoms with van der Waals surface area (Å²) in [6, 6.07) is 24.4. The Labute approximate surface area is 325 Å². The molecule has 3 aromatic carbocycles. The van der Waals surface area contributed by atoms with Crippen LogP contribution in [0.4, 0.5) is 4.79 Å². The van der Waals surface area contributed by atoms with E-state index in [1.165, 1.54) is 0 Å². The van der Waals surface area contributed by atoms with Gasteiger partial charge in [-0.3, -0.25) is 14.9 Å². The number of imidazole rings is 2. The molecule has 56 heavy (non-hydrogen) atoms. The van der Waals surface area contributed by atoms with Gasteiger partial charge in [-0.15, -0.1) is 0 Å². The molecule has 2 saturated heterocycles. The van der Waals surface area contributed by atoms with E-state index in [9.17, 15) is 19.5 Å². The number of nitrogens with zero attached hydrogens (tertiary/aromatic N) is 4. The van der Waals surface area contributed by atoms with Gasteiger partial charge in [0.25, 0.3) is 5.91 Å². The molecule has 3 amide bonds. The highest BCUT2D eigenvalue weighted by Gasteiger charge is 2.41. The van der Waals surface area contributed by atoms with Gasteiger partial charge >= 0.3 is 6.09 Å². The zero-order chi connectivity index (χ0) is 38.6. The molecule has 1 saturated carbocycles. The fraction of sp³-hybridized carbons (Fsp3) is 0.372. The highest BCUT2D eigenvalue weighted by molar-refractivity contribution is 5.87. The van der Waals surface area contributed by atoms with E-state index in [1.807, 2.05) is 17.2 Å². The smallest absolute Gasteiger partial charge is 0.405 e. The minimum absolute atomic E-state index is 0.0246. The van der Waals surface area contributed by atoms with E-state index in [4.69, 9.17) is 9.72 Å². The summed E-state index contributed by atoms with van der Waals surface area (Å²) in [5.74, 6) is 1.42. The number of benzene rings is 3. The molecule has 0 bridgehead atoms. The first-order chi connectivity index (χ1) is 27.4. The Hall–Kier alpha value is -5.79. The Bertz CT molecular complexity index is 2130. The molecule has 290 valence electrons. The van der Waals surface area contributed by atoms with Crippen LogP contribution in [0.5, 0.6) is 0 Å². The number of carboxylic acid groups (broad SMARTS) is 1. The number of hydrogen-bond acceptors (Lipinski definition) is 7. The first-order valence-electron chi connectivity index (χ1n) is 19.6. The van der Waals surface area contributed by atoms with Gasteiger partial charge < -0.3 is 34.9 Å². The van der Waals surface area contributed by atoms with Crippen molar-refractivity contribution < 1.29 is 24.2 Å². The van der Waals surface area contributed by atoms with Crippen LogP contribution in [-0.4, -0.2) is 85.7 Å². The number of aromatic amines is 2. The Morgan fingerprint density at radius 3 is 1.88 bits per heavy atom. The second-order valence-corrected chi connectivity index (χ2v) is 15.0. The van der Waals surface area contributed by atoms with Crippen LogP contribution in [0.15, 0.2) is 91.3 Å². The van der Waals surface area contributed by atoms with E-state index in [1.54, 1.807) is 42.5 Å². The predicted octanol–water partition coefficient (Wildman–Crippen LogP) is 6.83. The maximum Gasteiger partial charge on any atom is 0.405 e. The molecule has 1 aliphatic carbocycles. The summed E-state index contributed by atoms with van der Waals surface area (Å²) in [7, 11) is 1.67. The van der Waals surface area contributed by atoms with Gasteiger partial charge in [0, 0.05) is 26.2 Å². The molecule has 0 unspecified atom stereocenters. The summed E-state index contributed by atoms with van der Waals surface area (Å²) in [5, 5.41) is 15.3. The van der Waals surface area contributed by atoms with Crippen molar-refractivity contribution in [2.75, 3.05) is 26.9 Å². The average Bonchev–Trinajstić information content (AvgIpc) is 4.08. The van der Waals surface area contributed by atoms with Gasteiger partial charge in [0.05, 0.1) is 48.5 Å². The monoisotopic (exact) mass is 756 g/mol. The van der Waals surface area contributed by atoms with Crippen LogP contribution in [0.25, 0.3) is 33.6 Å². The fourth-order valence-corrected chi connectivity index (χ4v) is 8.75. The lowest BCUT2D eigenvalue weighted by Crippen LogP contribution is -2.44. The third-order valence-electron chi connectivity index (χ3n) is 11.6. The molecule has 0 radical (unpaired) electrons. The van der Waals surface area contributed by atoms with Crippen LogP contribution in [0.1, 0.15) is 80.3 Å². The van der Waals surface area contributed by atoms with Crippen LogP contribution in [0.3, 0.4) is 0 Å². The van der Waals surface area contributed by atoms with Gasteiger partial charge in [-0.05, 0) is 66.3 Å². The largest absolute Gasteiger partial charge is 0.465 e. The topological polar surface area (TPSA) is 169 Å². The number of carbonyl (C=O) groups is 3. The first-order valence-corrected chi connectivity index (χ1v) is 19.6. The minimum Gasteiger partial charge on any atom is -0.465 e. The van der Waals surface area contributed by atoms with Crippen LogP contribution >= 0.6 is 0 Å². The van der Waals surface area contributed by atoms with E-state index in [0.29, 0.717) is 24.7 Å². The van der Waals surface area contributed by atoms with Crippen molar-refractivity contribution in [3.63, 3.8) is 0 Å². The van der Waals surface area contributed by atoms with Crippen molar-refractivity contribution in [1.82, 2.24) is 40.4 Å². The van der Waals surface area contributed by atoms with E-state index in [-0.39, 0.29) is 35.9 Å². The molecule has 3 fully saturated rings. The van der Waals surface area contributed by atoms with E-state index in [2.05, 4.69) is 74.1 Å². The number of likely N-dealkylation sites (tertiary alicyclic amines) is 2. The summed E-state index contributed by atoms with van der Waals surface area (Å²) in [4.78, 5) is 59.2. The van der Waals surface area contributed by atoms with E-state index >= 15 is 0 Å². The summed E-state index contributed by atoms with van der Waals surface area (Å²) in [6.07, 6.45) is 8.74. The highest BCUT2D eigenvalue weighted by Crippen LogP contribution is 2.37. The van der Waals surface area contributed by atoms with Crippen LogP contribution in [0.2, 0.25) is 0 Å². The van der Waals surface area contributed by atoms with E-state index in [0.717, 1.165) is 91.0 Å². The van der Waals surface area contributed by atoms with E-state index < -0.39 is 12.1 Å². The number of hydrogen-bond donors (Lipinski definition) is 5. The number of amides is 3. The van der Waals surface area contributed by atoms with Crippen molar-refractivity contribution >= 4 is 17.9 Å². The SMILES string of the molecule is COCN[C@@H]1CCC[C@H]1C(=O)N1CCC[C@H]1c1ncc(-c2ccc(-c3ccc(-c4cnc([C@@H]5CCCN5C(=O)[C@H](NC(=O)O)c5ccccc5)[nH]4)cc3)cc2)[nH]1. The fourth-order valence-electron chi connectivity index (χ4n) is 8.75. The molecule has 13 nitrogen and oxygen atoms in total. The lowest BCUT2D eigenvalue weighted by Gasteiger charge is -2.29. The standard InChI is InChI=1S/C43H48N8O5/c1-56-26-46-33-11-5-10-32(33)41(52)50-22-6-12-36(50)39-44-24-34(47-39)29-18-14-27(15-19-29)28-16-20-30(21-17-28)35-25-45-40(48-35)37-13-7-23-51(37)42(53)38(49-43(54)55)31-8-3-2-4-9-31/h2-4,8-9,14-21,24-25,32-33,36-38,46,49H,5-7,10-13,22-23,26H2,1H3,(H,44,47)(H,45,48)(H,54,55)/t32-,33-,36+,37+,38-/m1/s1. The van der Waals surface area contributed by atoms with Gasteiger partial charge in [0.15, 0.2) is 0 Å². The summed E-state index contributed by atoms with van der Waals surface area (Å²) in [5.41, 5.74) is 6.50. The van der Waals surface area contributed by atoms with Crippen molar-refractivity contribution in [1.29, 1.82) is 0 Å². The van der Waals surface area contributed by atoms with Crippen LogP contribution in [-0.2, 0) is 14.3 Å². The van der Waals surface area contributed by atoms with Gasteiger partial charge in [-0.25, -0.2) is 14.8 Å². The first kappa shape index (κ1) is 37.1. The molecule has 13 heteroatoms. The number of H-pyrrole nitrogens is 2. The lowest BCUT2D eigenvalue weighted by molar-refractivity contribution is -0.137. The number of aromatic nitrogens is 4. The molecule has 8 rings (SSSR count). The Morgan fingerprint density at radius 1 is 0.750 bits per heavy atom. The highest BCUT2D eigenvalue weighted by atomic mass is 16.5. The number of nitrogens with one attached hydrogen (secondary N) is 4. The van der Waals surface area contributed by atoms with Gasteiger partial charge in [0.2, 0.25) is 5.91 Å². The Balaban J connectivity index is 0.915. The zero-order valence-corrected chi connectivity index (χ0v) is 31.5. The van der Waals surface area contributed by atoms with Gasteiger partial charge in [-0.1, -0.05) is 85.3 Å². The minimum atomic E-state index is -1.25. The zero-order valence-electron chi connectivity index (χ0n) is 31.5. The quantitative estimate of drug-likeness (QED) is 0.0864. The van der Waals surface area contributed by atoms with Crippen molar-refractivity contribution in [3.05, 3.63) is 108 Å². The molecule has 2 aliphatic heterocycles. The van der Waals surface area contributed by atoms with Gasteiger partial charge in [0.1, 0.15) is 17.7 Å². The number of ether oxygens (including phenoxy) is 1. The maximum absolute atomic E-state index is 13.7. The molecule has 5 aromatic rings. The maximum atomic E-state index is 13.7. The van der Waals surface area contributed by atoms with Crippen LogP contribution in [0, 0.1) is 5.92 Å². The molecular formula is C43H48N8O5. The number of carbonyl (C=O) groups excluding carboxylic acids is 2. The lowest BCUT2D eigenvalue weighted by atomic mass is 10.0. The van der Waals surface area contributed by atoms with Crippen molar-refractivity contribution in [3.8, 4) is 33.6 Å². The van der Waals surface area contributed by atoms with Crippen LogP contribution < -0.4 is 10.6 Å². The third-order valence-corrected chi connectivity index (χ3v) is 11.6. The summed E-state index contributed by atoms with van der Waals surface area (Å²) < 4.78 is 5.22. The average molecular weight is 757 g/mol. The van der Waals surface area contributed by atoms with Crippen molar-refractivity contribution in [2.24, 2.45) is 5.92 Å². The Kier molecular flexibility index (Phi) is 11.0. The molecule has 5 atom stereocenters. The third kappa shape index (κ3) is 7.69. The second kappa shape index (κ2) is 16.5. The second-order valence-electron chi connectivity index (χ2n) is 15.0. The van der Waals surface area contributed by atoms with Gasteiger partial charge in [-0.2, -0.15) is 0 Å². The molecule has 2 aromatic heterocycles. The van der Waals surface area contributed by atoms with Crippen molar-refractivity contribution in [2.45, 2.75) is 69.1 Å². The molecular weight excluding hydrogens is 709 g/mol. The molecule has 3 aliphatic rings. The summed E-state index contributed by atoms with van der Waals surface area (Å²) >= 11 is 0. The molecule has 4 heterocycles. The Morgan fingerprint density at radius 2 is 1.30 bits per heavy atom. The molecule has 0 spiro atoms. The number of rotatable bonds is 12. The normalized spacial score (nSPS) is 21.4. The number of methoxy groups -OCH3 is 1. The summed E-state index contributed by atoms with van der Waals surface area (Å²) in [6.45, 7) is 1.73. The predicted molar refractivity (Wildman–Crippen MR) is 211 cm³/mol. The molecule has 5 N–H and O–H groups in total.